The molecule has 2 aromatic heterocycles. The quantitative estimate of drug-likeness (QED) is 0.169. The molecular weight excluding hydrogens is 580 g/mol. The molecule has 0 bridgehead atoms. The molecule has 2 aromatic carbocycles. The molecule has 2 aliphatic rings. The van der Waals surface area contributed by atoms with Crippen LogP contribution >= 0.6 is 0 Å². The van der Waals surface area contributed by atoms with Gasteiger partial charge in [-0.15, -0.1) is 0 Å². The van der Waals surface area contributed by atoms with Gasteiger partial charge in [-0.05, 0) is 79.2 Å². The number of aliphatic imine (C=N–C) groups is 2. The zero-order valence-electron chi connectivity index (χ0n) is 26.6. The Hall–Kier alpha value is -5.89. The topological polar surface area (TPSA) is 97.9 Å². The summed E-state index contributed by atoms with van der Waals surface area (Å²) in [7, 11) is 0. The maximum atomic E-state index is 5.51. The molecule has 236 valence electrons. The Morgan fingerprint density at radius 1 is 0.957 bits per heavy atom. The third kappa shape index (κ3) is 7.02. The molecule has 0 fully saturated rings. The van der Waals surface area contributed by atoms with E-state index >= 15 is 0 Å². The monoisotopic (exact) mass is 620 g/mol. The van der Waals surface area contributed by atoms with Gasteiger partial charge in [-0.25, -0.2) is 9.98 Å². The highest BCUT2D eigenvalue weighted by Gasteiger charge is 2.20. The zero-order chi connectivity index (χ0) is 32.6. The fourth-order valence-corrected chi connectivity index (χ4v) is 5.85. The second-order valence-electron chi connectivity index (χ2n) is 11.3. The smallest absolute Gasteiger partial charge is 0.138 e. The third-order valence-electron chi connectivity index (χ3n) is 8.19. The highest BCUT2D eigenvalue weighted by molar-refractivity contribution is 6.04. The summed E-state index contributed by atoms with van der Waals surface area (Å²) in [6.07, 6.45) is 17.0. The molecule has 8 nitrogen and oxygen atoms in total. The van der Waals surface area contributed by atoms with Crippen molar-refractivity contribution in [1.82, 2.24) is 9.97 Å². The fraction of sp³-hybridized carbons (Fsp3) is 0.154. The predicted octanol–water partition coefficient (Wildman–Crippen LogP) is 6.85. The van der Waals surface area contributed by atoms with Crippen LogP contribution in [0.3, 0.4) is 0 Å². The summed E-state index contributed by atoms with van der Waals surface area (Å²) in [5.74, 6) is 2.93. The SMILES string of the molecule is C=C(Nc1ccc(N(C2=NCCC2)c2ccccn2)cc1)c1c(-c2ccc(N(C/C=C\C=C/N)C3=NC=CCC3)cc2)[nH]c(=C)c1=C. The lowest BCUT2D eigenvalue weighted by Crippen LogP contribution is -2.31. The van der Waals surface area contributed by atoms with Gasteiger partial charge in [-0.2, -0.15) is 0 Å². The van der Waals surface area contributed by atoms with E-state index in [1.54, 1.807) is 0 Å². The van der Waals surface area contributed by atoms with Gasteiger partial charge in [0.1, 0.15) is 17.5 Å². The van der Waals surface area contributed by atoms with Gasteiger partial charge in [0.15, 0.2) is 0 Å². The van der Waals surface area contributed by atoms with Crippen LogP contribution in [-0.4, -0.2) is 34.7 Å². The van der Waals surface area contributed by atoms with Crippen LogP contribution < -0.4 is 31.4 Å². The Morgan fingerprint density at radius 3 is 2.45 bits per heavy atom. The van der Waals surface area contributed by atoms with E-state index in [-0.39, 0.29) is 0 Å². The van der Waals surface area contributed by atoms with Crippen molar-refractivity contribution < 1.29 is 0 Å². The van der Waals surface area contributed by atoms with E-state index in [4.69, 9.17) is 10.7 Å². The van der Waals surface area contributed by atoms with Crippen molar-refractivity contribution >= 4 is 53.4 Å². The van der Waals surface area contributed by atoms with E-state index in [0.717, 1.165) is 99.9 Å². The number of H-pyrrole nitrogens is 1. The number of benzene rings is 2. The van der Waals surface area contributed by atoms with Gasteiger partial charge >= 0.3 is 0 Å². The lowest BCUT2D eigenvalue weighted by molar-refractivity contribution is 0.949. The molecule has 0 aliphatic carbocycles. The molecule has 0 saturated heterocycles. The molecule has 0 amide bonds. The van der Waals surface area contributed by atoms with Gasteiger partial charge in [0.25, 0.3) is 0 Å². The van der Waals surface area contributed by atoms with Crippen LogP contribution in [0.1, 0.15) is 31.2 Å². The average molecular weight is 621 g/mol. The number of rotatable bonds is 10. The first-order chi connectivity index (χ1) is 23.0. The van der Waals surface area contributed by atoms with Gasteiger partial charge in [0, 0.05) is 77.2 Å². The zero-order valence-corrected chi connectivity index (χ0v) is 26.6. The van der Waals surface area contributed by atoms with E-state index in [9.17, 15) is 0 Å². The van der Waals surface area contributed by atoms with E-state index < -0.39 is 0 Å². The molecule has 0 unspecified atom stereocenters. The predicted molar refractivity (Wildman–Crippen MR) is 199 cm³/mol. The molecular formula is C39H40N8. The average Bonchev–Trinajstić information content (AvgIpc) is 3.74. The molecule has 0 spiro atoms. The minimum Gasteiger partial charge on any atom is -0.405 e. The van der Waals surface area contributed by atoms with Gasteiger partial charge < -0.3 is 20.9 Å². The summed E-state index contributed by atoms with van der Waals surface area (Å²) >= 11 is 0. The first kappa shape index (κ1) is 31.1. The van der Waals surface area contributed by atoms with Crippen molar-refractivity contribution in [2.75, 3.05) is 28.2 Å². The number of anilines is 4. The first-order valence-corrected chi connectivity index (χ1v) is 15.9. The number of nitrogens with two attached hydrogens (primary N) is 1. The van der Waals surface area contributed by atoms with E-state index in [1.807, 2.05) is 42.7 Å². The van der Waals surface area contributed by atoms with Crippen molar-refractivity contribution in [2.24, 2.45) is 15.7 Å². The summed E-state index contributed by atoms with van der Waals surface area (Å²) in [5.41, 5.74) is 12.1. The molecule has 4 aromatic rings. The Kier molecular flexibility index (Phi) is 9.58. The lowest BCUT2D eigenvalue weighted by atomic mass is 10.0. The van der Waals surface area contributed by atoms with Crippen LogP contribution in [0.4, 0.5) is 22.9 Å². The van der Waals surface area contributed by atoms with E-state index in [1.165, 1.54) is 6.20 Å². The van der Waals surface area contributed by atoms with Crippen LogP contribution in [0.25, 0.3) is 30.1 Å². The van der Waals surface area contributed by atoms with Crippen molar-refractivity contribution in [3.8, 4) is 11.3 Å². The van der Waals surface area contributed by atoms with Gasteiger partial charge in [0.05, 0.1) is 5.69 Å². The molecule has 0 radical (unpaired) electrons. The van der Waals surface area contributed by atoms with Crippen molar-refractivity contribution in [2.45, 2.75) is 25.7 Å². The number of nitrogens with one attached hydrogen (secondary N) is 2. The highest BCUT2D eigenvalue weighted by atomic mass is 15.2. The molecule has 47 heavy (non-hydrogen) atoms. The van der Waals surface area contributed by atoms with Crippen LogP contribution in [0.5, 0.6) is 0 Å². The maximum absolute atomic E-state index is 5.51. The maximum Gasteiger partial charge on any atom is 0.138 e. The van der Waals surface area contributed by atoms with Crippen LogP contribution in [0.2, 0.25) is 0 Å². The van der Waals surface area contributed by atoms with E-state index in [2.05, 4.69) is 110 Å². The molecule has 8 heteroatoms. The normalized spacial score (nSPS) is 14.4. The number of nitrogens with zero attached hydrogens (tertiary/aromatic N) is 5. The second kappa shape index (κ2) is 14.5. The van der Waals surface area contributed by atoms with Gasteiger partial charge in [0.2, 0.25) is 0 Å². The molecule has 0 atom stereocenters. The Bertz CT molecular complexity index is 1960. The minimum atomic E-state index is 0.684. The number of aromatic nitrogens is 2. The number of aromatic amines is 1. The van der Waals surface area contributed by atoms with E-state index in [0.29, 0.717) is 6.54 Å². The number of amidine groups is 2. The van der Waals surface area contributed by atoms with Crippen LogP contribution in [0, 0.1) is 0 Å². The molecule has 4 N–H and O–H groups in total. The number of pyridine rings is 1. The van der Waals surface area contributed by atoms with Gasteiger partial charge in [-0.3, -0.25) is 9.89 Å². The summed E-state index contributed by atoms with van der Waals surface area (Å²) in [4.78, 5) is 21.8. The highest BCUT2D eigenvalue weighted by Crippen LogP contribution is 2.31. The second-order valence-corrected chi connectivity index (χ2v) is 11.3. The molecule has 0 saturated carbocycles. The summed E-state index contributed by atoms with van der Waals surface area (Å²) in [5, 5.41) is 5.07. The number of hydrogen-bond acceptors (Lipinski definition) is 7. The molecule has 4 heterocycles. The minimum absolute atomic E-state index is 0.684. The molecule has 2 aliphatic heterocycles. The van der Waals surface area contributed by atoms with Crippen molar-refractivity contribution in [3.63, 3.8) is 0 Å². The summed E-state index contributed by atoms with van der Waals surface area (Å²) < 4.78 is 0. The van der Waals surface area contributed by atoms with Gasteiger partial charge in [-0.1, -0.05) is 56.2 Å². The molecule has 6 rings (SSSR count). The van der Waals surface area contributed by atoms with Crippen molar-refractivity contribution in [1.29, 1.82) is 0 Å². The number of allylic oxidation sites excluding steroid dienone is 3. The largest absolute Gasteiger partial charge is 0.405 e. The lowest BCUT2D eigenvalue weighted by Gasteiger charge is -2.26. The summed E-state index contributed by atoms with van der Waals surface area (Å²) in [6, 6.07) is 22.7. The van der Waals surface area contributed by atoms with Crippen molar-refractivity contribution in [3.05, 3.63) is 132 Å². The standard InChI is InChI=1S/C39H40N8/c1-28-29(2)45-39(31-15-19-33(20-16-31)46(27-10-4-7-23-40)35-12-5-8-24-41-35)38(28)30(3)44-32-17-21-34(22-18-32)47(37-14-11-26-43-37)36-13-6-9-25-42-36/h4,6-10,13,15-25,44-45H,1-3,5,11-12,14,26-27,40H2/b10-4-,23-7-. The van der Waals surface area contributed by atoms with Crippen LogP contribution in [0.15, 0.2) is 126 Å². The Labute approximate surface area is 276 Å². The fourth-order valence-electron chi connectivity index (χ4n) is 5.85. The third-order valence-corrected chi connectivity index (χ3v) is 8.19. The number of hydrogen-bond donors (Lipinski definition) is 3. The Morgan fingerprint density at radius 2 is 1.77 bits per heavy atom. The first-order valence-electron chi connectivity index (χ1n) is 15.9. The van der Waals surface area contributed by atoms with Crippen LogP contribution in [-0.2, 0) is 0 Å². The Balaban J connectivity index is 1.23. The summed E-state index contributed by atoms with van der Waals surface area (Å²) in [6.45, 7) is 14.5.